The maximum Gasteiger partial charge on any atom is 0.387 e. The van der Waals surface area contributed by atoms with E-state index in [4.69, 9.17) is 12.2 Å². The summed E-state index contributed by atoms with van der Waals surface area (Å²) in [7, 11) is 0. The van der Waals surface area contributed by atoms with Gasteiger partial charge in [-0.2, -0.15) is 13.3 Å². The van der Waals surface area contributed by atoms with Gasteiger partial charge in [0.05, 0.1) is 6.61 Å². The van der Waals surface area contributed by atoms with Crippen molar-refractivity contribution in [3.63, 3.8) is 0 Å². The molecule has 8 heteroatoms. The molecule has 0 saturated heterocycles. The number of benzene rings is 2. The average molecular weight is 457 g/mol. The molecular weight excluding hydrogens is 434 g/mol. The third kappa shape index (κ3) is 5.66. The minimum absolute atomic E-state index is 0.0110. The van der Waals surface area contributed by atoms with Gasteiger partial charge in [0.25, 0.3) is 0 Å². The number of pyridine rings is 1. The minimum atomic E-state index is -2.92. The van der Waals surface area contributed by atoms with E-state index in [2.05, 4.69) is 10.1 Å². The zero-order chi connectivity index (χ0) is 23.3. The molecule has 1 heterocycles. The molecule has 1 aromatic heterocycles. The van der Waals surface area contributed by atoms with E-state index in [1.165, 1.54) is 24.3 Å². The van der Waals surface area contributed by atoms with Gasteiger partial charge in [-0.1, -0.05) is 30.4 Å². The van der Waals surface area contributed by atoms with Gasteiger partial charge < -0.3 is 20.3 Å². The molecule has 0 aliphatic carbocycles. The lowest BCUT2D eigenvalue weighted by molar-refractivity contribution is -0.578. The summed E-state index contributed by atoms with van der Waals surface area (Å²) in [5.74, 6) is -0.291. The van der Waals surface area contributed by atoms with E-state index in [9.17, 15) is 19.0 Å². The Morgan fingerprint density at radius 3 is 2.47 bits per heavy atom. The number of aliphatic hydroxyl groups is 1. The normalized spacial score (nSPS) is 11.8. The van der Waals surface area contributed by atoms with Crippen LogP contribution >= 0.6 is 12.2 Å². The summed E-state index contributed by atoms with van der Waals surface area (Å²) >= 11 is 5.55. The lowest BCUT2D eigenvalue weighted by Gasteiger charge is -2.18. The second-order valence-corrected chi connectivity index (χ2v) is 7.52. The van der Waals surface area contributed by atoms with Crippen LogP contribution in [0.25, 0.3) is 11.5 Å². The van der Waals surface area contributed by atoms with Gasteiger partial charge in [-0.25, -0.2) is 0 Å². The largest absolute Gasteiger partial charge is 0.867 e. The minimum Gasteiger partial charge on any atom is -0.867 e. The fraction of sp³-hybridized carbons (Fsp3) is 0.167. The monoisotopic (exact) mass is 456 g/mol. The number of nitrogens with one attached hydrogen (secondary N) is 1. The Bertz CT molecular complexity index is 1150. The molecule has 166 valence electrons. The summed E-state index contributed by atoms with van der Waals surface area (Å²) in [5, 5.41) is 26.0. The van der Waals surface area contributed by atoms with Crippen molar-refractivity contribution in [3.8, 4) is 5.75 Å². The first-order valence-electron chi connectivity index (χ1n) is 9.75. The molecule has 0 aliphatic rings. The molecule has 5 nitrogen and oxygen atoms in total. The standard InChI is InChI=1S/C24H22F2N2O3S/c1-15-5-6-18(12-16(15)2)22(30)21(28-11-3-4-17(13-28)14-29)23(32)27-19-7-9-20(10-8-19)31-24(25)26/h3-13,24,29H,14H2,1-2H3,(H-,27,30,32). The third-order valence-electron chi connectivity index (χ3n) is 4.84. The summed E-state index contributed by atoms with van der Waals surface area (Å²) in [6, 6.07) is 14.6. The van der Waals surface area contributed by atoms with Crippen molar-refractivity contribution in [2.45, 2.75) is 27.1 Å². The summed E-state index contributed by atoms with van der Waals surface area (Å²) < 4.78 is 30.7. The predicted octanol–water partition coefficient (Wildman–Crippen LogP) is 3.81. The van der Waals surface area contributed by atoms with Crippen molar-refractivity contribution in [2.75, 3.05) is 5.32 Å². The molecule has 0 atom stereocenters. The van der Waals surface area contributed by atoms with E-state index in [1.807, 2.05) is 19.9 Å². The van der Waals surface area contributed by atoms with Gasteiger partial charge in [0, 0.05) is 17.3 Å². The molecule has 2 N–H and O–H groups in total. The third-order valence-corrected chi connectivity index (χ3v) is 5.13. The van der Waals surface area contributed by atoms with E-state index in [1.54, 1.807) is 41.2 Å². The van der Waals surface area contributed by atoms with Crippen LogP contribution in [-0.2, 0) is 6.61 Å². The zero-order valence-electron chi connectivity index (χ0n) is 17.5. The number of thiocarbonyl (C=S) groups is 1. The Morgan fingerprint density at radius 2 is 1.84 bits per heavy atom. The second-order valence-electron chi connectivity index (χ2n) is 7.11. The van der Waals surface area contributed by atoms with Gasteiger partial charge in [0.15, 0.2) is 17.4 Å². The van der Waals surface area contributed by atoms with Gasteiger partial charge >= 0.3 is 6.61 Å². The molecule has 0 aliphatic heterocycles. The number of rotatable bonds is 7. The van der Waals surface area contributed by atoms with E-state index >= 15 is 0 Å². The number of aryl methyl sites for hydroxylation is 2. The van der Waals surface area contributed by atoms with Crippen molar-refractivity contribution in [2.24, 2.45) is 0 Å². The van der Waals surface area contributed by atoms with Crippen LogP contribution in [0.3, 0.4) is 0 Å². The molecule has 0 unspecified atom stereocenters. The van der Waals surface area contributed by atoms with Crippen molar-refractivity contribution in [1.29, 1.82) is 0 Å². The molecule has 0 fully saturated rings. The molecular formula is C24H22F2N2O3S. The van der Waals surface area contributed by atoms with Gasteiger partial charge in [-0.3, -0.25) is 0 Å². The van der Waals surface area contributed by atoms with Crippen LogP contribution in [0.1, 0.15) is 22.3 Å². The lowest BCUT2D eigenvalue weighted by atomic mass is 10.0. The van der Waals surface area contributed by atoms with Crippen molar-refractivity contribution in [1.82, 2.24) is 0 Å². The Labute approximate surface area is 190 Å². The quantitative estimate of drug-likeness (QED) is 0.245. The molecule has 2 aromatic carbocycles. The Balaban J connectivity index is 2.01. The van der Waals surface area contributed by atoms with Gasteiger partial charge in [-0.15, -0.1) is 0 Å². The molecule has 0 spiro atoms. The molecule has 0 bridgehead atoms. The van der Waals surface area contributed by atoms with Crippen molar-refractivity contribution >= 4 is 34.3 Å². The molecule has 0 amide bonds. The van der Waals surface area contributed by atoms with Crippen LogP contribution in [-0.4, -0.2) is 16.7 Å². The molecule has 3 rings (SSSR count). The maximum atomic E-state index is 13.5. The molecule has 32 heavy (non-hydrogen) atoms. The van der Waals surface area contributed by atoms with E-state index in [-0.39, 0.29) is 28.8 Å². The predicted molar refractivity (Wildman–Crippen MR) is 121 cm³/mol. The summed E-state index contributed by atoms with van der Waals surface area (Å²) in [5.41, 5.74) is 3.79. The van der Waals surface area contributed by atoms with Crippen LogP contribution in [0, 0.1) is 13.8 Å². The Morgan fingerprint density at radius 1 is 1.12 bits per heavy atom. The number of alkyl halides is 2. The summed E-state index contributed by atoms with van der Waals surface area (Å²) in [6.45, 7) is 0.768. The summed E-state index contributed by atoms with van der Waals surface area (Å²) in [4.78, 5) is 0.135. The average Bonchev–Trinajstić information content (AvgIpc) is 2.77. The summed E-state index contributed by atoms with van der Waals surface area (Å²) in [6.07, 6.45) is 3.29. The van der Waals surface area contributed by atoms with Crippen LogP contribution in [0.4, 0.5) is 14.5 Å². The van der Waals surface area contributed by atoms with Crippen molar-refractivity contribution in [3.05, 3.63) is 89.2 Å². The van der Waals surface area contributed by atoms with Crippen molar-refractivity contribution < 1.29 is 28.3 Å². The van der Waals surface area contributed by atoms with Crippen LogP contribution < -0.4 is 19.7 Å². The number of aliphatic hydroxyl groups excluding tert-OH is 1. The maximum absolute atomic E-state index is 13.5. The van der Waals surface area contributed by atoms with Crippen LogP contribution in [0.2, 0.25) is 0 Å². The number of anilines is 1. The topological polar surface area (TPSA) is 68.4 Å². The number of nitrogens with zero attached hydrogens (tertiary/aromatic N) is 1. The second kappa shape index (κ2) is 10.3. The Hall–Kier alpha value is -3.36. The fourth-order valence-electron chi connectivity index (χ4n) is 3.02. The number of hydrogen-bond donors (Lipinski definition) is 2. The first-order valence-corrected chi connectivity index (χ1v) is 10.2. The van der Waals surface area contributed by atoms with Crippen LogP contribution in [0.15, 0.2) is 67.0 Å². The van der Waals surface area contributed by atoms with Gasteiger partial charge in [0.2, 0.25) is 5.70 Å². The van der Waals surface area contributed by atoms with E-state index in [0.29, 0.717) is 16.8 Å². The first kappa shape index (κ1) is 23.3. The number of halogens is 2. The highest BCUT2D eigenvalue weighted by atomic mass is 32.1. The highest BCUT2D eigenvalue weighted by Gasteiger charge is 2.20. The zero-order valence-corrected chi connectivity index (χ0v) is 18.3. The first-order chi connectivity index (χ1) is 15.3. The lowest BCUT2D eigenvalue weighted by Crippen LogP contribution is -2.40. The SMILES string of the molecule is Cc1ccc(/C([O-])=C(/C(=S)Nc2ccc(OC(F)F)cc2)[n+]2cccc(CO)c2)cc1C. The number of hydrogen-bond acceptors (Lipinski definition) is 4. The fourth-order valence-corrected chi connectivity index (χ4v) is 3.34. The highest BCUT2D eigenvalue weighted by Crippen LogP contribution is 2.22. The van der Waals surface area contributed by atoms with Crippen LogP contribution in [0.5, 0.6) is 5.75 Å². The van der Waals surface area contributed by atoms with E-state index in [0.717, 1.165) is 11.1 Å². The molecule has 3 aromatic rings. The van der Waals surface area contributed by atoms with Gasteiger partial charge in [-0.05, 0) is 66.6 Å². The Kier molecular flexibility index (Phi) is 7.50. The molecule has 0 radical (unpaired) electrons. The highest BCUT2D eigenvalue weighted by molar-refractivity contribution is 7.81. The molecule has 0 saturated carbocycles. The number of aromatic nitrogens is 1. The van der Waals surface area contributed by atoms with E-state index < -0.39 is 6.61 Å². The number of ether oxygens (including phenoxy) is 1. The smallest absolute Gasteiger partial charge is 0.387 e. The van der Waals surface area contributed by atoms with Gasteiger partial charge in [0.1, 0.15) is 5.75 Å².